The predicted molar refractivity (Wildman–Crippen MR) is 53.9 cm³/mol. The quantitative estimate of drug-likeness (QED) is 0.731. The van der Waals surface area contributed by atoms with Crippen LogP contribution in [0.3, 0.4) is 0 Å². The standard InChI is InChI=1S/C11H19F2NO/c1-10(2)4-5-11(7-10)14-6-3-8(15-11)9(12)13/h8-9,14H,3-7H2,1-2H3. The van der Waals surface area contributed by atoms with Gasteiger partial charge in [-0.3, -0.25) is 5.32 Å². The van der Waals surface area contributed by atoms with Crippen LogP contribution < -0.4 is 5.32 Å². The molecule has 0 amide bonds. The molecule has 0 bridgehead atoms. The van der Waals surface area contributed by atoms with Crippen molar-refractivity contribution in [1.82, 2.24) is 5.32 Å². The maximum atomic E-state index is 12.6. The Kier molecular flexibility index (Phi) is 2.75. The van der Waals surface area contributed by atoms with Crippen LogP contribution in [0, 0.1) is 5.41 Å². The molecule has 2 fully saturated rings. The van der Waals surface area contributed by atoms with Crippen LogP contribution in [0.5, 0.6) is 0 Å². The van der Waals surface area contributed by atoms with Gasteiger partial charge in [-0.2, -0.15) is 0 Å². The molecule has 0 aromatic rings. The Bertz CT molecular complexity index is 245. The molecule has 1 aliphatic heterocycles. The molecular weight excluding hydrogens is 200 g/mol. The van der Waals surface area contributed by atoms with E-state index in [0.717, 1.165) is 19.3 Å². The zero-order chi connectivity index (χ0) is 11.1. The summed E-state index contributed by atoms with van der Waals surface area (Å²) in [5.41, 5.74) is -0.264. The topological polar surface area (TPSA) is 21.3 Å². The number of nitrogens with one attached hydrogen (secondary N) is 1. The molecule has 0 aromatic heterocycles. The molecule has 1 saturated heterocycles. The van der Waals surface area contributed by atoms with Crippen molar-refractivity contribution < 1.29 is 13.5 Å². The molecular formula is C11H19F2NO. The Morgan fingerprint density at radius 1 is 1.33 bits per heavy atom. The third-order valence-electron chi connectivity index (χ3n) is 3.50. The molecule has 2 atom stereocenters. The predicted octanol–water partition coefficient (Wildman–Crippen LogP) is 2.54. The van der Waals surface area contributed by atoms with Gasteiger partial charge in [-0.1, -0.05) is 13.8 Å². The molecule has 1 N–H and O–H groups in total. The van der Waals surface area contributed by atoms with E-state index in [4.69, 9.17) is 4.74 Å². The summed E-state index contributed by atoms with van der Waals surface area (Å²) in [6.07, 6.45) is -0.0877. The highest BCUT2D eigenvalue weighted by Crippen LogP contribution is 2.46. The maximum absolute atomic E-state index is 12.6. The minimum Gasteiger partial charge on any atom is -0.351 e. The fourth-order valence-electron chi connectivity index (χ4n) is 2.75. The third kappa shape index (κ3) is 2.31. The van der Waals surface area contributed by atoms with Gasteiger partial charge in [-0.05, 0) is 31.1 Å². The van der Waals surface area contributed by atoms with Crippen molar-refractivity contribution in [3.63, 3.8) is 0 Å². The number of hydrogen-bond donors (Lipinski definition) is 1. The molecule has 2 unspecified atom stereocenters. The van der Waals surface area contributed by atoms with E-state index in [9.17, 15) is 8.78 Å². The van der Waals surface area contributed by atoms with E-state index in [1.54, 1.807) is 0 Å². The molecule has 2 nitrogen and oxygen atoms in total. The van der Waals surface area contributed by atoms with Gasteiger partial charge in [0.2, 0.25) is 0 Å². The Hall–Kier alpha value is -0.220. The van der Waals surface area contributed by atoms with Gasteiger partial charge in [0.05, 0.1) is 0 Å². The Morgan fingerprint density at radius 2 is 2.07 bits per heavy atom. The second-order valence-corrected chi connectivity index (χ2v) is 5.54. The summed E-state index contributed by atoms with van der Waals surface area (Å²) in [6, 6.07) is 0. The minimum atomic E-state index is -2.35. The van der Waals surface area contributed by atoms with Crippen molar-refractivity contribution in [2.45, 2.75) is 57.8 Å². The molecule has 1 saturated carbocycles. The lowest BCUT2D eigenvalue weighted by atomic mass is 9.91. The molecule has 1 spiro atoms. The molecule has 0 radical (unpaired) electrons. The van der Waals surface area contributed by atoms with Gasteiger partial charge in [0, 0.05) is 6.54 Å². The van der Waals surface area contributed by atoms with Crippen LogP contribution >= 0.6 is 0 Å². The summed E-state index contributed by atoms with van der Waals surface area (Å²) in [5, 5.41) is 3.28. The van der Waals surface area contributed by atoms with E-state index in [1.807, 2.05) is 0 Å². The third-order valence-corrected chi connectivity index (χ3v) is 3.50. The van der Waals surface area contributed by atoms with Crippen molar-refractivity contribution in [3.05, 3.63) is 0 Å². The Labute approximate surface area is 89.4 Å². The molecule has 4 heteroatoms. The first kappa shape index (κ1) is 11.3. The van der Waals surface area contributed by atoms with E-state index < -0.39 is 18.3 Å². The van der Waals surface area contributed by atoms with Gasteiger partial charge in [0.25, 0.3) is 6.43 Å². The van der Waals surface area contributed by atoms with E-state index in [2.05, 4.69) is 19.2 Å². The van der Waals surface area contributed by atoms with E-state index >= 15 is 0 Å². The number of ether oxygens (including phenoxy) is 1. The lowest BCUT2D eigenvalue weighted by Crippen LogP contribution is -2.55. The fraction of sp³-hybridized carbons (Fsp3) is 1.00. The monoisotopic (exact) mass is 219 g/mol. The summed E-state index contributed by atoms with van der Waals surface area (Å²) in [4.78, 5) is 0. The highest BCUT2D eigenvalue weighted by molar-refractivity contribution is 4.96. The second kappa shape index (κ2) is 3.67. The smallest absolute Gasteiger partial charge is 0.264 e. The van der Waals surface area contributed by atoms with Crippen molar-refractivity contribution in [2.75, 3.05) is 6.54 Å². The van der Waals surface area contributed by atoms with Crippen molar-refractivity contribution in [2.24, 2.45) is 5.41 Å². The lowest BCUT2D eigenvalue weighted by molar-refractivity contribution is -0.183. The average Bonchev–Trinajstić information content (AvgIpc) is 2.42. The largest absolute Gasteiger partial charge is 0.351 e. The molecule has 0 aromatic carbocycles. The van der Waals surface area contributed by atoms with Crippen LogP contribution in [0.4, 0.5) is 8.78 Å². The van der Waals surface area contributed by atoms with Gasteiger partial charge in [0.1, 0.15) is 11.8 Å². The maximum Gasteiger partial charge on any atom is 0.264 e. The second-order valence-electron chi connectivity index (χ2n) is 5.54. The fourth-order valence-corrected chi connectivity index (χ4v) is 2.75. The molecule has 1 heterocycles. The molecule has 88 valence electrons. The van der Waals surface area contributed by atoms with Crippen LogP contribution in [-0.4, -0.2) is 24.8 Å². The highest BCUT2D eigenvalue weighted by atomic mass is 19.3. The van der Waals surface area contributed by atoms with Gasteiger partial charge in [-0.15, -0.1) is 0 Å². The number of rotatable bonds is 1. The number of alkyl halides is 2. The first-order valence-electron chi connectivity index (χ1n) is 5.64. The van der Waals surface area contributed by atoms with Gasteiger partial charge in [0.15, 0.2) is 0 Å². The molecule has 15 heavy (non-hydrogen) atoms. The number of hydrogen-bond acceptors (Lipinski definition) is 2. The zero-order valence-corrected chi connectivity index (χ0v) is 9.35. The first-order chi connectivity index (χ1) is 6.93. The summed E-state index contributed by atoms with van der Waals surface area (Å²) in [5.74, 6) is 0. The van der Waals surface area contributed by atoms with Crippen LogP contribution in [0.1, 0.15) is 39.5 Å². The van der Waals surface area contributed by atoms with E-state index in [-0.39, 0.29) is 5.41 Å². The van der Waals surface area contributed by atoms with E-state index in [0.29, 0.717) is 13.0 Å². The minimum absolute atomic E-state index is 0.205. The zero-order valence-electron chi connectivity index (χ0n) is 9.35. The van der Waals surface area contributed by atoms with E-state index in [1.165, 1.54) is 0 Å². The highest BCUT2D eigenvalue weighted by Gasteiger charge is 2.48. The van der Waals surface area contributed by atoms with Crippen LogP contribution in [0.2, 0.25) is 0 Å². The first-order valence-corrected chi connectivity index (χ1v) is 5.64. The number of halogens is 2. The Morgan fingerprint density at radius 3 is 2.60 bits per heavy atom. The SMILES string of the molecule is CC1(C)CCC2(C1)NCCC(C(F)F)O2. The van der Waals surface area contributed by atoms with Crippen molar-refractivity contribution in [3.8, 4) is 0 Å². The lowest BCUT2D eigenvalue weighted by Gasteiger charge is -2.40. The van der Waals surface area contributed by atoms with Gasteiger partial charge in [-0.25, -0.2) is 8.78 Å². The van der Waals surface area contributed by atoms with Crippen LogP contribution in [0.25, 0.3) is 0 Å². The van der Waals surface area contributed by atoms with Crippen LogP contribution in [0.15, 0.2) is 0 Å². The molecule has 2 aliphatic rings. The van der Waals surface area contributed by atoms with Crippen molar-refractivity contribution >= 4 is 0 Å². The van der Waals surface area contributed by atoms with Gasteiger partial charge >= 0.3 is 0 Å². The summed E-state index contributed by atoms with van der Waals surface area (Å²) in [6.45, 7) is 4.97. The normalized spacial score (nSPS) is 40.2. The average molecular weight is 219 g/mol. The molecule has 1 aliphatic carbocycles. The summed E-state index contributed by atoms with van der Waals surface area (Å²) in [7, 11) is 0. The molecule has 2 rings (SSSR count). The summed E-state index contributed by atoms with van der Waals surface area (Å²) >= 11 is 0. The van der Waals surface area contributed by atoms with Crippen LogP contribution in [-0.2, 0) is 4.74 Å². The Balaban J connectivity index is 2.04. The van der Waals surface area contributed by atoms with Crippen molar-refractivity contribution in [1.29, 1.82) is 0 Å². The summed E-state index contributed by atoms with van der Waals surface area (Å²) < 4.78 is 30.8. The van der Waals surface area contributed by atoms with Gasteiger partial charge < -0.3 is 4.74 Å².